The molecule has 0 saturated heterocycles. The van der Waals surface area contributed by atoms with Gasteiger partial charge in [-0.3, -0.25) is 4.79 Å². The van der Waals surface area contributed by atoms with Crippen LogP contribution >= 0.6 is 15.9 Å². The Morgan fingerprint density at radius 1 is 1.37 bits per heavy atom. The molecule has 0 unspecified atom stereocenters. The molecule has 0 radical (unpaired) electrons. The Kier molecular flexibility index (Phi) is 5.29. The van der Waals surface area contributed by atoms with E-state index in [2.05, 4.69) is 20.7 Å². The van der Waals surface area contributed by atoms with Gasteiger partial charge in [0.25, 0.3) is 5.91 Å². The topological polar surface area (TPSA) is 29.5 Å². The maximum absolute atomic E-state index is 12.2. The number of carbonyl (C=O) groups excluding carboxylic acids is 1. The first-order valence-electron chi connectivity index (χ1n) is 5.67. The maximum Gasteiger partial charge on any atom is 0.387 e. The molecule has 1 rings (SSSR count). The zero-order valence-electron chi connectivity index (χ0n) is 11.0. The van der Waals surface area contributed by atoms with E-state index in [4.69, 9.17) is 0 Å². The lowest BCUT2D eigenvalue weighted by atomic mass is 10.1. The number of alkyl halides is 3. The molecule has 0 N–H and O–H groups in total. The molecule has 1 amide bonds. The summed E-state index contributed by atoms with van der Waals surface area (Å²) in [6, 6.07) is 5.66. The summed E-state index contributed by atoms with van der Waals surface area (Å²) in [6.45, 7) is 0.985. The fourth-order valence-corrected chi connectivity index (χ4v) is 1.71. The Balaban J connectivity index is 2.84. The standard InChI is InChI=1S/C13H16BrF2NO2/c1-13(2,8-14)17(3)11(18)9-4-6-10(7-5-9)19-12(15)16/h4-7,12H,8H2,1-3H3. The van der Waals surface area contributed by atoms with Crippen molar-refractivity contribution in [3.05, 3.63) is 29.8 Å². The van der Waals surface area contributed by atoms with Crippen LogP contribution in [0.2, 0.25) is 0 Å². The van der Waals surface area contributed by atoms with Gasteiger partial charge in [0.05, 0.1) is 0 Å². The minimum absolute atomic E-state index is 0.0361. The first kappa shape index (κ1) is 15.9. The number of benzene rings is 1. The van der Waals surface area contributed by atoms with Crippen molar-refractivity contribution >= 4 is 21.8 Å². The zero-order chi connectivity index (χ0) is 14.6. The third kappa shape index (κ3) is 4.16. The van der Waals surface area contributed by atoms with Gasteiger partial charge in [0.2, 0.25) is 0 Å². The molecule has 1 aromatic rings. The fraction of sp³-hybridized carbons (Fsp3) is 0.462. The highest BCUT2D eigenvalue weighted by Gasteiger charge is 2.27. The van der Waals surface area contributed by atoms with E-state index < -0.39 is 6.61 Å². The molecule has 0 fully saturated rings. The van der Waals surface area contributed by atoms with E-state index in [1.165, 1.54) is 24.3 Å². The molecule has 0 aliphatic heterocycles. The molecule has 0 bridgehead atoms. The van der Waals surface area contributed by atoms with E-state index in [0.29, 0.717) is 10.9 Å². The second-order valence-electron chi connectivity index (χ2n) is 4.71. The molecular weight excluding hydrogens is 320 g/mol. The monoisotopic (exact) mass is 335 g/mol. The van der Waals surface area contributed by atoms with Crippen molar-refractivity contribution in [1.82, 2.24) is 4.90 Å². The van der Waals surface area contributed by atoms with Gasteiger partial charge in [-0.05, 0) is 38.1 Å². The number of rotatable bonds is 5. The lowest BCUT2D eigenvalue weighted by molar-refractivity contribution is -0.0498. The Morgan fingerprint density at radius 2 is 1.89 bits per heavy atom. The molecule has 0 atom stereocenters. The van der Waals surface area contributed by atoms with Crippen molar-refractivity contribution in [3.8, 4) is 5.75 Å². The van der Waals surface area contributed by atoms with E-state index in [0.717, 1.165) is 0 Å². The van der Waals surface area contributed by atoms with Crippen LogP contribution in [0.5, 0.6) is 5.75 Å². The highest BCUT2D eigenvalue weighted by atomic mass is 79.9. The summed E-state index contributed by atoms with van der Waals surface area (Å²) in [5, 5.41) is 0.634. The average Bonchev–Trinajstić information content (AvgIpc) is 2.37. The molecule has 0 aromatic heterocycles. The van der Waals surface area contributed by atoms with Crippen molar-refractivity contribution in [2.24, 2.45) is 0 Å². The molecule has 3 nitrogen and oxygen atoms in total. The zero-order valence-corrected chi connectivity index (χ0v) is 12.6. The molecule has 19 heavy (non-hydrogen) atoms. The number of nitrogens with zero attached hydrogens (tertiary/aromatic N) is 1. The number of carbonyl (C=O) groups is 1. The molecule has 0 spiro atoms. The summed E-state index contributed by atoms with van der Waals surface area (Å²) in [6.07, 6.45) is 0. The second kappa shape index (κ2) is 6.32. The van der Waals surface area contributed by atoms with Crippen LogP contribution in [0, 0.1) is 0 Å². The van der Waals surface area contributed by atoms with Crippen molar-refractivity contribution in [3.63, 3.8) is 0 Å². The number of halogens is 3. The van der Waals surface area contributed by atoms with Gasteiger partial charge in [-0.25, -0.2) is 0 Å². The van der Waals surface area contributed by atoms with E-state index in [1.807, 2.05) is 13.8 Å². The average molecular weight is 336 g/mol. The predicted molar refractivity (Wildman–Crippen MR) is 73.0 cm³/mol. The van der Waals surface area contributed by atoms with Gasteiger partial charge in [0.15, 0.2) is 0 Å². The van der Waals surface area contributed by atoms with Gasteiger partial charge in [0, 0.05) is 23.5 Å². The van der Waals surface area contributed by atoms with E-state index in [-0.39, 0.29) is 17.2 Å². The highest BCUT2D eigenvalue weighted by Crippen LogP contribution is 2.20. The second-order valence-corrected chi connectivity index (χ2v) is 5.27. The number of hydrogen-bond acceptors (Lipinski definition) is 2. The molecule has 0 heterocycles. The Bertz CT molecular complexity index is 435. The summed E-state index contributed by atoms with van der Waals surface area (Å²) in [5.74, 6) is -0.137. The third-order valence-corrected chi connectivity index (χ3v) is 4.24. The summed E-state index contributed by atoms with van der Waals surface area (Å²) in [4.78, 5) is 13.8. The molecule has 1 aromatic carbocycles. The number of amides is 1. The number of hydrogen-bond donors (Lipinski definition) is 0. The van der Waals surface area contributed by atoms with Gasteiger partial charge in [0.1, 0.15) is 5.75 Å². The van der Waals surface area contributed by atoms with Gasteiger partial charge >= 0.3 is 6.61 Å². The van der Waals surface area contributed by atoms with E-state index in [9.17, 15) is 13.6 Å². The van der Waals surface area contributed by atoms with Crippen LogP contribution in [0.3, 0.4) is 0 Å². The normalized spacial score (nSPS) is 11.5. The predicted octanol–water partition coefficient (Wildman–Crippen LogP) is 3.53. The van der Waals surface area contributed by atoms with Crippen LogP contribution in [0.4, 0.5) is 8.78 Å². The largest absolute Gasteiger partial charge is 0.435 e. The summed E-state index contributed by atoms with van der Waals surface area (Å²) in [7, 11) is 1.70. The van der Waals surface area contributed by atoms with Crippen LogP contribution in [0.1, 0.15) is 24.2 Å². The first-order chi connectivity index (χ1) is 8.77. The van der Waals surface area contributed by atoms with Gasteiger partial charge in [-0.15, -0.1) is 0 Å². The molecule has 0 saturated carbocycles. The summed E-state index contributed by atoms with van der Waals surface area (Å²) >= 11 is 3.35. The lowest BCUT2D eigenvalue weighted by Gasteiger charge is -2.34. The van der Waals surface area contributed by atoms with Crippen molar-refractivity contribution in [1.29, 1.82) is 0 Å². The van der Waals surface area contributed by atoms with Gasteiger partial charge in [-0.2, -0.15) is 8.78 Å². The molecular formula is C13H16BrF2NO2. The van der Waals surface area contributed by atoms with Crippen LogP contribution < -0.4 is 4.74 Å². The van der Waals surface area contributed by atoms with E-state index in [1.54, 1.807) is 11.9 Å². The lowest BCUT2D eigenvalue weighted by Crippen LogP contribution is -2.46. The van der Waals surface area contributed by atoms with Crippen molar-refractivity contribution in [2.75, 3.05) is 12.4 Å². The Hall–Kier alpha value is -1.17. The molecule has 106 valence electrons. The number of ether oxygens (including phenoxy) is 1. The van der Waals surface area contributed by atoms with Crippen LogP contribution in [0.25, 0.3) is 0 Å². The maximum atomic E-state index is 12.2. The Labute approximate surface area is 119 Å². The van der Waals surface area contributed by atoms with Gasteiger partial charge in [-0.1, -0.05) is 15.9 Å². The van der Waals surface area contributed by atoms with Crippen LogP contribution in [-0.4, -0.2) is 35.3 Å². The minimum atomic E-state index is -2.86. The summed E-state index contributed by atoms with van der Waals surface area (Å²) < 4.78 is 28.2. The Morgan fingerprint density at radius 3 is 2.32 bits per heavy atom. The summed E-state index contributed by atoms with van der Waals surface area (Å²) in [5.41, 5.74) is 0.0908. The van der Waals surface area contributed by atoms with Crippen molar-refractivity contribution in [2.45, 2.75) is 26.0 Å². The fourth-order valence-electron chi connectivity index (χ4n) is 1.34. The van der Waals surface area contributed by atoms with Crippen LogP contribution in [-0.2, 0) is 0 Å². The quantitative estimate of drug-likeness (QED) is 0.770. The third-order valence-electron chi connectivity index (χ3n) is 2.87. The van der Waals surface area contributed by atoms with Crippen molar-refractivity contribution < 1.29 is 18.3 Å². The van der Waals surface area contributed by atoms with E-state index >= 15 is 0 Å². The minimum Gasteiger partial charge on any atom is -0.435 e. The highest BCUT2D eigenvalue weighted by molar-refractivity contribution is 9.09. The SMILES string of the molecule is CN(C(=O)c1ccc(OC(F)F)cc1)C(C)(C)CBr. The molecule has 0 aliphatic rings. The molecule has 6 heteroatoms. The first-order valence-corrected chi connectivity index (χ1v) is 6.79. The van der Waals surface area contributed by atoms with Crippen LogP contribution in [0.15, 0.2) is 24.3 Å². The van der Waals surface area contributed by atoms with Gasteiger partial charge < -0.3 is 9.64 Å². The smallest absolute Gasteiger partial charge is 0.387 e. The molecule has 0 aliphatic carbocycles.